The number of halogens is 2. The Morgan fingerprint density at radius 3 is 2.71 bits per heavy atom. The maximum absolute atomic E-state index is 6.02. The van der Waals surface area contributed by atoms with Crippen molar-refractivity contribution < 1.29 is 0 Å². The van der Waals surface area contributed by atoms with Crippen molar-refractivity contribution in [1.82, 2.24) is 4.98 Å². The average Bonchev–Trinajstić information content (AvgIpc) is 2.16. The van der Waals surface area contributed by atoms with Crippen LogP contribution >= 0.6 is 27.5 Å². The molecule has 0 aliphatic rings. The van der Waals surface area contributed by atoms with E-state index in [-0.39, 0.29) is 0 Å². The standard InChI is InChI=1S/C10H8BrClN2/c1-5-2-3-7(13)9-6(11)4-14-10(12)8(5)9/h2-4H,13H2,1H3. The molecule has 0 saturated heterocycles. The molecule has 72 valence electrons. The van der Waals surface area contributed by atoms with Crippen molar-refractivity contribution in [2.75, 3.05) is 5.73 Å². The van der Waals surface area contributed by atoms with Crippen molar-refractivity contribution in [3.63, 3.8) is 0 Å². The van der Waals surface area contributed by atoms with E-state index in [0.717, 1.165) is 20.8 Å². The first-order valence-corrected chi connectivity index (χ1v) is 5.27. The number of fused-ring (bicyclic) bond motifs is 1. The van der Waals surface area contributed by atoms with E-state index in [0.29, 0.717) is 10.8 Å². The predicted octanol–water partition coefficient (Wildman–Crippen LogP) is 3.54. The summed E-state index contributed by atoms with van der Waals surface area (Å²) in [7, 11) is 0. The molecule has 2 aromatic rings. The van der Waals surface area contributed by atoms with Crippen LogP contribution in [0.2, 0.25) is 5.15 Å². The first-order chi connectivity index (χ1) is 6.61. The monoisotopic (exact) mass is 270 g/mol. The van der Waals surface area contributed by atoms with Crippen LogP contribution in [0.3, 0.4) is 0 Å². The Bertz CT molecular complexity index is 422. The van der Waals surface area contributed by atoms with E-state index < -0.39 is 0 Å². The van der Waals surface area contributed by atoms with Gasteiger partial charge in [0.15, 0.2) is 0 Å². The largest absolute Gasteiger partial charge is 0.398 e. The van der Waals surface area contributed by atoms with Gasteiger partial charge in [-0.05, 0) is 34.5 Å². The van der Waals surface area contributed by atoms with Crippen molar-refractivity contribution in [2.45, 2.75) is 6.92 Å². The number of pyridine rings is 1. The number of aromatic nitrogens is 1. The van der Waals surface area contributed by atoms with Gasteiger partial charge in [0.1, 0.15) is 5.15 Å². The zero-order chi connectivity index (χ0) is 10.3. The summed E-state index contributed by atoms with van der Waals surface area (Å²) in [5.41, 5.74) is 7.67. The molecule has 0 atom stereocenters. The van der Waals surface area contributed by atoms with Gasteiger partial charge < -0.3 is 5.73 Å². The van der Waals surface area contributed by atoms with Crippen LogP contribution in [-0.2, 0) is 0 Å². The molecule has 1 aromatic carbocycles. The number of hydrogen-bond acceptors (Lipinski definition) is 2. The van der Waals surface area contributed by atoms with Crippen LogP contribution in [0.15, 0.2) is 22.8 Å². The third-order valence-corrected chi connectivity index (χ3v) is 3.07. The highest BCUT2D eigenvalue weighted by atomic mass is 79.9. The molecule has 0 amide bonds. The van der Waals surface area contributed by atoms with Gasteiger partial charge in [-0.3, -0.25) is 0 Å². The zero-order valence-corrected chi connectivity index (χ0v) is 9.85. The molecule has 0 unspecified atom stereocenters. The van der Waals surface area contributed by atoms with Gasteiger partial charge in [-0.1, -0.05) is 17.7 Å². The van der Waals surface area contributed by atoms with Gasteiger partial charge in [-0.25, -0.2) is 4.98 Å². The minimum atomic E-state index is 0.494. The normalized spacial score (nSPS) is 10.8. The Balaban J connectivity index is 3.05. The van der Waals surface area contributed by atoms with Gasteiger partial charge in [0, 0.05) is 27.1 Å². The molecule has 2 N–H and O–H groups in total. The highest BCUT2D eigenvalue weighted by Crippen LogP contribution is 2.34. The molecule has 2 nitrogen and oxygen atoms in total. The quantitative estimate of drug-likeness (QED) is 0.588. The highest BCUT2D eigenvalue weighted by Gasteiger charge is 2.09. The van der Waals surface area contributed by atoms with E-state index in [2.05, 4.69) is 20.9 Å². The molecular formula is C10H8BrClN2. The van der Waals surface area contributed by atoms with Crippen molar-refractivity contribution in [2.24, 2.45) is 0 Å². The molecule has 1 heterocycles. The number of nitrogen functional groups attached to an aromatic ring is 1. The lowest BCUT2D eigenvalue weighted by Crippen LogP contribution is -1.91. The summed E-state index contributed by atoms with van der Waals surface area (Å²) in [5.74, 6) is 0. The smallest absolute Gasteiger partial charge is 0.137 e. The number of hydrogen-bond donors (Lipinski definition) is 1. The Labute approximate surface area is 95.2 Å². The van der Waals surface area contributed by atoms with Crippen LogP contribution in [0.4, 0.5) is 5.69 Å². The lowest BCUT2D eigenvalue weighted by Gasteiger charge is -2.08. The van der Waals surface area contributed by atoms with Crippen molar-refractivity contribution in [3.05, 3.63) is 33.5 Å². The lowest BCUT2D eigenvalue weighted by atomic mass is 10.1. The molecule has 0 fully saturated rings. The molecule has 0 saturated carbocycles. The Hall–Kier alpha value is -0.800. The summed E-state index contributed by atoms with van der Waals surface area (Å²) in [4.78, 5) is 4.07. The fourth-order valence-electron chi connectivity index (χ4n) is 1.49. The van der Waals surface area contributed by atoms with E-state index >= 15 is 0 Å². The minimum Gasteiger partial charge on any atom is -0.398 e. The van der Waals surface area contributed by atoms with Gasteiger partial charge >= 0.3 is 0 Å². The van der Waals surface area contributed by atoms with E-state index in [1.807, 2.05) is 19.1 Å². The van der Waals surface area contributed by atoms with Crippen LogP contribution < -0.4 is 5.73 Å². The second-order valence-electron chi connectivity index (χ2n) is 3.12. The van der Waals surface area contributed by atoms with Crippen LogP contribution in [0.1, 0.15) is 5.56 Å². The Morgan fingerprint density at radius 1 is 1.36 bits per heavy atom. The molecule has 4 heteroatoms. The summed E-state index contributed by atoms with van der Waals surface area (Å²) in [5, 5.41) is 2.35. The van der Waals surface area contributed by atoms with Gasteiger partial charge in [-0.15, -0.1) is 0 Å². The summed E-state index contributed by atoms with van der Waals surface area (Å²) < 4.78 is 0.873. The van der Waals surface area contributed by atoms with E-state index in [9.17, 15) is 0 Å². The molecule has 1 aromatic heterocycles. The number of anilines is 1. The maximum Gasteiger partial charge on any atom is 0.137 e. The maximum atomic E-state index is 6.02. The summed E-state index contributed by atoms with van der Waals surface area (Å²) in [6.07, 6.45) is 1.67. The molecule has 0 aliphatic heterocycles. The number of aryl methyl sites for hydroxylation is 1. The van der Waals surface area contributed by atoms with Crippen molar-refractivity contribution in [1.29, 1.82) is 0 Å². The SMILES string of the molecule is Cc1ccc(N)c2c(Br)cnc(Cl)c12. The molecular weight excluding hydrogens is 263 g/mol. The van der Waals surface area contributed by atoms with E-state index in [1.54, 1.807) is 6.20 Å². The van der Waals surface area contributed by atoms with Crippen LogP contribution in [0, 0.1) is 6.92 Å². The number of benzene rings is 1. The molecule has 0 spiro atoms. The summed E-state index contributed by atoms with van der Waals surface area (Å²) in [6, 6.07) is 3.82. The topological polar surface area (TPSA) is 38.9 Å². The van der Waals surface area contributed by atoms with Crippen molar-refractivity contribution >= 4 is 44.0 Å². The minimum absolute atomic E-state index is 0.494. The van der Waals surface area contributed by atoms with Crippen LogP contribution in [0.25, 0.3) is 10.8 Å². The van der Waals surface area contributed by atoms with Crippen molar-refractivity contribution in [3.8, 4) is 0 Å². The Kier molecular flexibility index (Phi) is 2.37. The third-order valence-electron chi connectivity index (χ3n) is 2.18. The number of nitrogens with two attached hydrogens (primary N) is 1. The first-order valence-electron chi connectivity index (χ1n) is 4.10. The fourth-order valence-corrected chi connectivity index (χ4v) is 2.31. The lowest BCUT2D eigenvalue weighted by molar-refractivity contribution is 1.33. The molecule has 0 bridgehead atoms. The second-order valence-corrected chi connectivity index (χ2v) is 4.33. The highest BCUT2D eigenvalue weighted by molar-refractivity contribution is 9.10. The van der Waals surface area contributed by atoms with Gasteiger partial charge in [-0.2, -0.15) is 0 Å². The predicted molar refractivity (Wildman–Crippen MR) is 63.6 cm³/mol. The van der Waals surface area contributed by atoms with Gasteiger partial charge in [0.05, 0.1) is 0 Å². The zero-order valence-electron chi connectivity index (χ0n) is 7.51. The van der Waals surface area contributed by atoms with E-state index in [1.165, 1.54) is 0 Å². The average molecular weight is 272 g/mol. The van der Waals surface area contributed by atoms with Crippen LogP contribution in [0.5, 0.6) is 0 Å². The molecule has 14 heavy (non-hydrogen) atoms. The van der Waals surface area contributed by atoms with E-state index in [4.69, 9.17) is 17.3 Å². The summed E-state index contributed by atoms with van der Waals surface area (Å²) in [6.45, 7) is 1.99. The number of nitrogens with zero attached hydrogens (tertiary/aromatic N) is 1. The van der Waals surface area contributed by atoms with Gasteiger partial charge in [0.2, 0.25) is 0 Å². The van der Waals surface area contributed by atoms with Gasteiger partial charge in [0.25, 0.3) is 0 Å². The third kappa shape index (κ3) is 1.37. The molecule has 2 rings (SSSR count). The Morgan fingerprint density at radius 2 is 2.07 bits per heavy atom. The second kappa shape index (κ2) is 3.41. The first kappa shape index (κ1) is 9.74. The molecule has 0 radical (unpaired) electrons. The number of rotatable bonds is 0. The molecule has 0 aliphatic carbocycles. The summed E-state index contributed by atoms with van der Waals surface area (Å²) >= 11 is 9.43. The fraction of sp³-hybridized carbons (Fsp3) is 0.100. The van der Waals surface area contributed by atoms with Crippen LogP contribution in [-0.4, -0.2) is 4.98 Å².